The van der Waals surface area contributed by atoms with Crippen LogP contribution in [0.15, 0.2) is 0 Å². The molecule has 0 radical (unpaired) electrons. The van der Waals surface area contributed by atoms with Crippen LogP contribution in [0.1, 0.15) is 39.0 Å². The first kappa shape index (κ1) is 9.17. The lowest BCUT2D eigenvalue weighted by Gasteiger charge is -2.36. The second-order valence-corrected chi connectivity index (χ2v) is 5.51. The highest BCUT2D eigenvalue weighted by Gasteiger charge is 2.42. The summed E-state index contributed by atoms with van der Waals surface area (Å²) in [4.78, 5) is 0. The Labute approximate surface area is 86.4 Å². The average Bonchev–Trinajstić information content (AvgIpc) is 2.85. The van der Waals surface area contributed by atoms with Crippen LogP contribution in [0.25, 0.3) is 0 Å². The molecule has 1 heterocycles. The van der Waals surface area contributed by atoms with Crippen LogP contribution in [-0.2, 0) is 4.74 Å². The first-order chi connectivity index (χ1) is 6.83. The van der Waals surface area contributed by atoms with E-state index in [0.717, 1.165) is 24.5 Å². The molecule has 1 aliphatic heterocycles. The fourth-order valence-electron chi connectivity index (χ4n) is 3.02. The van der Waals surface area contributed by atoms with Gasteiger partial charge in [0.05, 0.1) is 6.10 Å². The first-order valence-electron chi connectivity index (χ1n) is 6.20. The Kier molecular flexibility index (Phi) is 2.29. The van der Waals surface area contributed by atoms with E-state index in [9.17, 15) is 0 Å². The second-order valence-electron chi connectivity index (χ2n) is 5.51. The van der Waals surface area contributed by atoms with E-state index in [-0.39, 0.29) is 0 Å². The van der Waals surface area contributed by atoms with Crippen molar-refractivity contribution in [2.75, 3.05) is 6.61 Å². The normalized spacial score (nSPS) is 47.8. The summed E-state index contributed by atoms with van der Waals surface area (Å²) in [6, 6.07) is 1.48. The Bertz CT molecular complexity index is 208. The van der Waals surface area contributed by atoms with Crippen molar-refractivity contribution in [2.45, 2.75) is 57.2 Å². The maximum Gasteiger partial charge on any atom is 0.0757 e. The summed E-state index contributed by atoms with van der Waals surface area (Å²) in [5, 5.41) is 3.79. The molecule has 2 aliphatic carbocycles. The van der Waals surface area contributed by atoms with Gasteiger partial charge >= 0.3 is 0 Å². The number of hydrogen-bond donors (Lipinski definition) is 1. The van der Waals surface area contributed by atoms with Gasteiger partial charge in [-0.2, -0.15) is 0 Å². The fraction of sp³-hybridized carbons (Fsp3) is 1.00. The molecule has 0 aromatic heterocycles. The number of ether oxygens (including phenoxy) is 1. The molecule has 0 spiro atoms. The Morgan fingerprint density at radius 3 is 2.57 bits per heavy atom. The second kappa shape index (κ2) is 3.49. The minimum Gasteiger partial charge on any atom is -0.376 e. The van der Waals surface area contributed by atoms with Crippen molar-refractivity contribution in [2.24, 2.45) is 11.8 Å². The van der Waals surface area contributed by atoms with Crippen molar-refractivity contribution in [1.82, 2.24) is 5.32 Å². The van der Waals surface area contributed by atoms with Gasteiger partial charge in [-0.05, 0) is 43.9 Å². The van der Waals surface area contributed by atoms with Crippen LogP contribution in [-0.4, -0.2) is 24.8 Å². The van der Waals surface area contributed by atoms with Gasteiger partial charge < -0.3 is 10.1 Å². The Hall–Kier alpha value is -0.0800. The van der Waals surface area contributed by atoms with E-state index in [1.807, 2.05) is 0 Å². The van der Waals surface area contributed by atoms with Crippen LogP contribution >= 0.6 is 0 Å². The lowest BCUT2D eigenvalue weighted by atomic mass is 9.81. The van der Waals surface area contributed by atoms with Gasteiger partial charge in [0.25, 0.3) is 0 Å². The molecule has 0 bridgehead atoms. The zero-order chi connectivity index (χ0) is 9.54. The topological polar surface area (TPSA) is 21.3 Å². The third kappa shape index (κ3) is 1.70. The van der Waals surface area contributed by atoms with Gasteiger partial charge in [0.15, 0.2) is 0 Å². The van der Waals surface area contributed by atoms with Crippen molar-refractivity contribution in [3.63, 3.8) is 0 Å². The lowest BCUT2D eigenvalue weighted by Crippen LogP contribution is -2.49. The summed E-state index contributed by atoms with van der Waals surface area (Å²) >= 11 is 0. The quantitative estimate of drug-likeness (QED) is 0.743. The molecule has 0 amide bonds. The zero-order valence-corrected chi connectivity index (χ0v) is 9.04. The van der Waals surface area contributed by atoms with E-state index in [2.05, 4.69) is 12.2 Å². The van der Waals surface area contributed by atoms with Gasteiger partial charge in [-0.25, -0.2) is 0 Å². The predicted octanol–water partition coefficient (Wildman–Crippen LogP) is 1.94. The molecule has 1 N–H and O–H groups in total. The first-order valence-corrected chi connectivity index (χ1v) is 6.20. The van der Waals surface area contributed by atoms with E-state index in [4.69, 9.17) is 4.74 Å². The molecule has 0 aromatic rings. The van der Waals surface area contributed by atoms with E-state index < -0.39 is 0 Å². The van der Waals surface area contributed by atoms with Gasteiger partial charge in [-0.1, -0.05) is 6.92 Å². The van der Waals surface area contributed by atoms with E-state index >= 15 is 0 Å². The molecule has 2 saturated carbocycles. The van der Waals surface area contributed by atoms with Crippen LogP contribution < -0.4 is 5.32 Å². The van der Waals surface area contributed by atoms with Crippen molar-refractivity contribution in [3.05, 3.63) is 0 Å². The maximum absolute atomic E-state index is 5.82. The minimum absolute atomic E-state index is 0.561. The highest BCUT2D eigenvalue weighted by atomic mass is 16.5. The molecule has 0 aromatic carbocycles. The standard InChI is InChI=1S/C12H21NO/c1-8-6-10(7-8)13-11-4-5-14-12(11)9-2-3-9/h8-13H,2-7H2,1H3. The number of nitrogens with one attached hydrogen (secondary N) is 1. The molecule has 3 rings (SSSR count). The Morgan fingerprint density at radius 2 is 1.93 bits per heavy atom. The summed E-state index contributed by atoms with van der Waals surface area (Å²) in [6.07, 6.45) is 7.38. The molecule has 2 atom stereocenters. The van der Waals surface area contributed by atoms with Crippen LogP contribution in [0.3, 0.4) is 0 Å². The van der Waals surface area contributed by atoms with Gasteiger partial charge in [-0.15, -0.1) is 0 Å². The molecule has 2 nitrogen and oxygen atoms in total. The van der Waals surface area contributed by atoms with Gasteiger partial charge in [-0.3, -0.25) is 0 Å². The molecule has 3 fully saturated rings. The largest absolute Gasteiger partial charge is 0.376 e. The monoisotopic (exact) mass is 195 g/mol. The number of rotatable bonds is 3. The van der Waals surface area contributed by atoms with Gasteiger partial charge in [0, 0.05) is 18.7 Å². The smallest absolute Gasteiger partial charge is 0.0757 e. The Morgan fingerprint density at radius 1 is 1.14 bits per heavy atom. The molecular formula is C12H21NO. The minimum atomic E-state index is 0.561. The van der Waals surface area contributed by atoms with Crippen molar-refractivity contribution < 1.29 is 4.74 Å². The zero-order valence-electron chi connectivity index (χ0n) is 9.04. The summed E-state index contributed by atoms with van der Waals surface area (Å²) < 4.78 is 5.82. The summed E-state index contributed by atoms with van der Waals surface area (Å²) in [7, 11) is 0. The SMILES string of the molecule is CC1CC(NC2CCOC2C2CC2)C1. The molecule has 2 heteroatoms. The molecular weight excluding hydrogens is 174 g/mol. The molecule has 1 saturated heterocycles. The van der Waals surface area contributed by atoms with Crippen LogP contribution in [0.5, 0.6) is 0 Å². The molecule has 2 unspecified atom stereocenters. The molecule has 80 valence electrons. The summed E-state index contributed by atoms with van der Waals surface area (Å²) in [6.45, 7) is 3.34. The maximum atomic E-state index is 5.82. The predicted molar refractivity (Wildman–Crippen MR) is 56.2 cm³/mol. The number of hydrogen-bond acceptors (Lipinski definition) is 2. The van der Waals surface area contributed by atoms with Crippen LogP contribution in [0, 0.1) is 11.8 Å². The van der Waals surface area contributed by atoms with Crippen molar-refractivity contribution in [3.8, 4) is 0 Å². The molecule has 3 aliphatic rings. The van der Waals surface area contributed by atoms with E-state index in [1.54, 1.807) is 0 Å². The highest BCUT2D eigenvalue weighted by molar-refractivity contribution is 4.96. The highest BCUT2D eigenvalue weighted by Crippen LogP contribution is 2.39. The van der Waals surface area contributed by atoms with Crippen LogP contribution in [0.4, 0.5) is 0 Å². The van der Waals surface area contributed by atoms with Crippen molar-refractivity contribution in [1.29, 1.82) is 0 Å². The third-order valence-corrected chi connectivity index (χ3v) is 4.05. The van der Waals surface area contributed by atoms with Gasteiger partial charge in [0.2, 0.25) is 0 Å². The summed E-state index contributed by atoms with van der Waals surface area (Å²) in [5.41, 5.74) is 0. The fourth-order valence-corrected chi connectivity index (χ4v) is 3.02. The van der Waals surface area contributed by atoms with E-state index in [0.29, 0.717) is 12.1 Å². The third-order valence-electron chi connectivity index (χ3n) is 4.05. The lowest BCUT2D eigenvalue weighted by molar-refractivity contribution is 0.0731. The van der Waals surface area contributed by atoms with E-state index in [1.165, 1.54) is 32.1 Å². The molecule has 14 heavy (non-hydrogen) atoms. The van der Waals surface area contributed by atoms with Crippen molar-refractivity contribution >= 4 is 0 Å². The Balaban J connectivity index is 1.51. The van der Waals surface area contributed by atoms with Crippen LogP contribution in [0.2, 0.25) is 0 Å². The average molecular weight is 195 g/mol. The summed E-state index contributed by atoms with van der Waals surface area (Å²) in [5.74, 6) is 1.85. The van der Waals surface area contributed by atoms with Gasteiger partial charge in [0.1, 0.15) is 0 Å².